The number of unbranched alkanes of at least 4 members (excludes halogenated alkanes) is 1. The van der Waals surface area contributed by atoms with Crippen LogP contribution < -0.4 is 0 Å². The van der Waals surface area contributed by atoms with Crippen molar-refractivity contribution in [2.75, 3.05) is 6.54 Å². The molecule has 1 N–H and O–H groups in total. The Balaban J connectivity index is 2.98. The molecule has 0 saturated carbocycles. The number of hydrogen-bond donors (Lipinski definition) is 1. The van der Waals surface area contributed by atoms with Crippen LogP contribution in [0.1, 0.15) is 65.0 Å². The molecule has 0 spiro atoms. The molecule has 0 fully saturated rings. The van der Waals surface area contributed by atoms with Crippen LogP contribution in [-0.2, 0) is 0 Å². The third kappa shape index (κ3) is 4.24. The zero-order chi connectivity index (χ0) is 14.3. The van der Waals surface area contributed by atoms with E-state index in [-0.39, 0.29) is 0 Å². The number of hydrogen-bond acceptors (Lipinski definition) is 2. The molecule has 2 heteroatoms. The first-order chi connectivity index (χ1) is 9.15. The highest BCUT2D eigenvalue weighted by molar-refractivity contribution is 5.34. The fraction of sp³-hybridized carbons (Fsp3) is 0.647. The molecule has 0 aromatic heterocycles. The number of aromatic hydroxyl groups is 1. The minimum absolute atomic E-state index is 0.322. The summed E-state index contributed by atoms with van der Waals surface area (Å²) in [6.45, 7) is 10.1. The highest BCUT2D eigenvalue weighted by Gasteiger charge is 2.24. The Kier molecular flexibility index (Phi) is 6.93. The largest absolute Gasteiger partial charge is 0.508 e. The minimum atomic E-state index is 0.322. The van der Waals surface area contributed by atoms with Crippen LogP contribution in [0.25, 0.3) is 0 Å². The maximum Gasteiger partial charge on any atom is 0.120 e. The van der Waals surface area contributed by atoms with Crippen molar-refractivity contribution in [2.45, 2.75) is 65.5 Å². The lowest BCUT2D eigenvalue weighted by Crippen LogP contribution is -2.37. The molecule has 0 amide bonds. The van der Waals surface area contributed by atoms with E-state index >= 15 is 0 Å². The Hall–Kier alpha value is -1.02. The summed E-state index contributed by atoms with van der Waals surface area (Å²) in [6, 6.07) is 8.65. The first-order valence-corrected chi connectivity index (χ1v) is 7.69. The first kappa shape index (κ1) is 16.0. The van der Waals surface area contributed by atoms with E-state index in [4.69, 9.17) is 0 Å². The lowest BCUT2D eigenvalue weighted by atomic mass is 9.99. The predicted octanol–water partition coefficient (Wildman–Crippen LogP) is 4.74. The Labute approximate surface area is 118 Å². The molecular formula is C17H29NO. The summed E-state index contributed by atoms with van der Waals surface area (Å²) in [4.78, 5) is 2.55. The lowest BCUT2D eigenvalue weighted by molar-refractivity contribution is 0.131. The topological polar surface area (TPSA) is 23.5 Å². The molecule has 2 nitrogen and oxygen atoms in total. The van der Waals surface area contributed by atoms with Crippen molar-refractivity contribution < 1.29 is 5.11 Å². The Bertz CT molecular complexity index is 364. The van der Waals surface area contributed by atoms with Crippen LogP contribution >= 0.6 is 0 Å². The first-order valence-electron chi connectivity index (χ1n) is 7.69. The van der Waals surface area contributed by atoms with Gasteiger partial charge >= 0.3 is 0 Å². The number of phenolic OH excluding ortho intramolecular Hbond substituents is 1. The Morgan fingerprint density at radius 1 is 1.11 bits per heavy atom. The van der Waals surface area contributed by atoms with Gasteiger partial charge in [-0.25, -0.2) is 0 Å². The molecule has 0 radical (unpaired) electrons. The fourth-order valence-electron chi connectivity index (χ4n) is 2.66. The number of phenols is 1. The van der Waals surface area contributed by atoms with Crippen molar-refractivity contribution in [3.8, 4) is 5.75 Å². The molecule has 2 unspecified atom stereocenters. The van der Waals surface area contributed by atoms with E-state index in [9.17, 15) is 5.11 Å². The van der Waals surface area contributed by atoms with Gasteiger partial charge in [-0.2, -0.15) is 0 Å². The van der Waals surface area contributed by atoms with Crippen LogP contribution in [0.4, 0.5) is 0 Å². The highest BCUT2D eigenvalue weighted by Crippen LogP contribution is 2.32. The molecule has 0 bridgehead atoms. The zero-order valence-corrected chi connectivity index (χ0v) is 12.9. The Morgan fingerprint density at radius 2 is 1.79 bits per heavy atom. The van der Waals surface area contributed by atoms with E-state index < -0.39 is 0 Å². The molecule has 19 heavy (non-hydrogen) atoms. The minimum Gasteiger partial charge on any atom is -0.508 e. The lowest BCUT2D eigenvalue weighted by Gasteiger charge is -2.36. The molecule has 2 atom stereocenters. The summed E-state index contributed by atoms with van der Waals surface area (Å²) in [7, 11) is 0. The predicted molar refractivity (Wildman–Crippen MR) is 82.5 cm³/mol. The molecule has 0 aliphatic rings. The van der Waals surface area contributed by atoms with Gasteiger partial charge in [0.15, 0.2) is 0 Å². The van der Waals surface area contributed by atoms with E-state index in [1.165, 1.54) is 12.8 Å². The van der Waals surface area contributed by atoms with Gasteiger partial charge in [0.2, 0.25) is 0 Å². The van der Waals surface area contributed by atoms with Crippen LogP contribution in [-0.4, -0.2) is 22.6 Å². The standard InChI is InChI=1S/C17H29NO/c1-5-8-13-18(14(4)6-2)16(7-3)15-11-9-10-12-17(15)19/h9-12,14,16,19H,5-8,13H2,1-4H3. The van der Waals surface area contributed by atoms with Crippen molar-refractivity contribution in [3.63, 3.8) is 0 Å². The molecule has 0 aliphatic carbocycles. The second kappa shape index (κ2) is 8.21. The number of benzene rings is 1. The smallest absolute Gasteiger partial charge is 0.120 e. The summed E-state index contributed by atoms with van der Waals surface area (Å²) in [5.74, 6) is 0.430. The van der Waals surface area contributed by atoms with Crippen molar-refractivity contribution in [2.24, 2.45) is 0 Å². The average Bonchev–Trinajstić information content (AvgIpc) is 2.44. The van der Waals surface area contributed by atoms with E-state index in [1.807, 2.05) is 12.1 Å². The van der Waals surface area contributed by atoms with Gasteiger partial charge in [0, 0.05) is 17.6 Å². The van der Waals surface area contributed by atoms with E-state index in [1.54, 1.807) is 6.07 Å². The van der Waals surface area contributed by atoms with Gasteiger partial charge in [-0.3, -0.25) is 4.90 Å². The molecule has 1 aromatic rings. The van der Waals surface area contributed by atoms with Crippen molar-refractivity contribution in [1.82, 2.24) is 4.90 Å². The SMILES string of the molecule is CCCCN(C(C)CC)C(CC)c1ccccc1O. The average molecular weight is 263 g/mol. The molecular weight excluding hydrogens is 234 g/mol. The van der Waals surface area contributed by atoms with Gasteiger partial charge < -0.3 is 5.11 Å². The second-order valence-corrected chi connectivity index (χ2v) is 5.33. The van der Waals surface area contributed by atoms with Gasteiger partial charge in [-0.15, -0.1) is 0 Å². The summed E-state index contributed by atoms with van der Waals surface area (Å²) in [5.41, 5.74) is 1.07. The van der Waals surface area contributed by atoms with Gasteiger partial charge in [0.1, 0.15) is 5.75 Å². The van der Waals surface area contributed by atoms with Crippen molar-refractivity contribution in [1.29, 1.82) is 0 Å². The van der Waals surface area contributed by atoms with E-state index in [0.29, 0.717) is 17.8 Å². The molecule has 0 saturated heterocycles. The Morgan fingerprint density at radius 3 is 2.32 bits per heavy atom. The summed E-state index contributed by atoms with van der Waals surface area (Å²) in [6.07, 6.45) is 4.61. The monoisotopic (exact) mass is 263 g/mol. The van der Waals surface area contributed by atoms with Gasteiger partial charge in [-0.05, 0) is 38.8 Å². The number of rotatable bonds is 8. The van der Waals surface area contributed by atoms with E-state index in [0.717, 1.165) is 24.9 Å². The number of para-hydroxylation sites is 1. The zero-order valence-electron chi connectivity index (χ0n) is 12.9. The quantitative estimate of drug-likeness (QED) is 0.732. The van der Waals surface area contributed by atoms with Crippen LogP contribution in [0, 0.1) is 0 Å². The van der Waals surface area contributed by atoms with Crippen LogP contribution in [0.2, 0.25) is 0 Å². The maximum absolute atomic E-state index is 10.1. The molecule has 0 aliphatic heterocycles. The normalized spacial score (nSPS) is 14.6. The molecule has 0 heterocycles. The highest BCUT2D eigenvalue weighted by atomic mass is 16.3. The second-order valence-electron chi connectivity index (χ2n) is 5.33. The van der Waals surface area contributed by atoms with Gasteiger partial charge in [0.05, 0.1) is 0 Å². The maximum atomic E-state index is 10.1. The van der Waals surface area contributed by atoms with Crippen LogP contribution in [0.3, 0.4) is 0 Å². The third-order valence-electron chi connectivity index (χ3n) is 4.01. The van der Waals surface area contributed by atoms with Crippen molar-refractivity contribution >= 4 is 0 Å². The van der Waals surface area contributed by atoms with Crippen LogP contribution in [0.5, 0.6) is 5.75 Å². The third-order valence-corrected chi connectivity index (χ3v) is 4.01. The van der Waals surface area contributed by atoms with Gasteiger partial charge in [-0.1, -0.05) is 45.4 Å². The molecule has 1 rings (SSSR count). The molecule has 1 aromatic carbocycles. The van der Waals surface area contributed by atoms with E-state index in [2.05, 4.69) is 38.7 Å². The summed E-state index contributed by atoms with van der Waals surface area (Å²) < 4.78 is 0. The van der Waals surface area contributed by atoms with Gasteiger partial charge in [0.25, 0.3) is 0 Å². The summed E-state index contributed by atoms with van der Waals surface area (Å²) in [5, 5.41) is 10.1. The number of nitrogens with zero attached hydrogens (tertiary/aromatic N) is 1. The molecule has 108 valence electrons. The van der Waals surface area contributed by atoms with Crippen LogP contribution in [0.15, 0.2) is 24.3 Å². The fourth-order valence-corrected chi connectivity index (χ4v) is 2.66. The summed E-state index contributed by atoms with van der Waals surface area (Å²) >= 11 is 0. The van der Waals surface area contributed by atoms with Crippen molar-refractivity contribution in [3.05, 3.63) is 29.8 Å².